The second-order valence-corrected chi connectivity index (χ2v) is 9.87. The topological polar surface area (TPSA) is 92.3 Å². The van der Waals surface area contributed by atoms with Crippen molar-refractivity contribution in [3.8, 4) is 10.7 Å². The number of hydrogen-bond acceptors (Lipinski definition) is 6. The minimum Gasteiger partial charge on any atom is -0.321 e. The van der Waals surface area contributed by atoms with Crippen LogP contribution in [-0.4, -0.2) is 41.4 Å². The number of amides is 1. The Bertz CT molecular complexity index is 1170. The van der Waals surface area contributed by atoms with Gasteiger partial charge in [0.1, 0.15) is 9.88 Å². The molecule has 0 unspecified atom stereocenters. The van der Waals surface area contributed by atoms with Gasteiger partial charge in [0.05, 0.1) is 17.6 Å². The number of thiazole rings is 1. The van der Waals surface area contributed by atoms with Gasteiger partial charge >= 0.3 is 0 Å². The number of carbonyl (C=O) groups excluding carboxylic acids is 1. The van der Waals surface area contributed by atoms with Gasteiger partial charge < -0.3 is 5.32 Å². The van der Waals surface area contributed by atoms with Crippen LogP contribution in [0.15, 0.2) is 42.6 Å². The van der Waals surface area contributed by atoms with E-state index in [0.29, 0.717) is 40.8 Å². The highest BCUT2D eigenvalue weighted by molar-refractivity contribution is 7.88. The van der Waals surface area contributed by atoms with Crippen molar-refractivity contribution in [3.05, 3.63) is 64.3 Å². The maximum Gasteiger partial charge on any atom is 0.267 e. The van der Waals surface area contributed by atoms with Crippen LogP contribution < -0.4 is 5.32 Å². The first-order chi connectivity index (χ1) is 13.8. The third-order valence-corrected chi connectivity index (χ3v) is 7.26. The maximum absolute atomic E-state index is 12.9. The zero-order chi connectivity index (χ0) is 20.6. The smallest absolute Gasteiger partial charge is 0.267 e. The fourth-order valence-corrected chi connectivity index (χ4v) is 5.10. The summed E-state index contributed by atoms with van der Waals surface area (Å²) in [5.41, 5.74) is 3.99. The average molecular weight is 429 g/mol. The van der Waals surface area contributed by atoms with Gasteiger partial charge in [0.15, 0.2) is 0 Å². The lowest BCUT2D eigenvalue weighted by molar-refractivity contribution is 0.102. The van der Waals surface area contributed by atoms with Gasteiger partial charge in [-0.05, 0) is 42.7 Å². The van der Waals surface area contributed by atoms with E-state index in [1.54, 1.807) is 6.20 Å². The summed E-state index contributed by atoms with van der Waals surface area (Å²) in [5.74, 6) is -0.221. The van der Waals surface area contributed by atoms with Gasteiger partial charge in [-0.1, -0.05) is 18.2 Å². The number of aryl methyl sites for hydroxylation is 1. The molecule has 3 aromatic rings. The fraction of sp³-hybridized carbons (Fsp3) is 0.250. The molecule has 3 heterocycles. The highest BCUT2D eigenvalue weighted by atomic mass is 32.2. The molecule has 1 aliphatic rings. The maximum atomic E-state index is 12.9. The van der Waals surface area contributed by atoms with Crippen molar-refractivity contribution in [3.63, 3.8) is 0 Å². The van der Waals surface area contributed by atoms with Crippen molar-refractivity contribution in [1.82, 2.24) is 14.3 Å². The largest absolute Gasteiger partial charge is 0.321 e. The number of benzene rings is 1. The molecule has 2 aromatic heterocycles. The Kier molecular flexibility index (Phi) is 5.20. The van der Waals surface area contributed by atoms with E-state index in [1.165, 1.54) is 21.9 Å². The van der Waals surface area contributed by atoms with Crippen molar-refractivity contribution in [2.75, 3.05) is 18.1 Å². The first kappa shape index (κ1) is 19.7. The lowest BCUT2D eigenvalue weighted by Gasteiger charge is -2.28. The summed E-state index contributed by atoms with van der Waals surface area (Å²) >= 11 is 1.31. The molecule has 0 bridgehead atoms. The molecule has 29 heavy (non-hydrogen) atoms. The zero-order valence-corrected chi connectivity index (χ0v) is 17.7. The molecule has 0 fully saturated rings. The normalized spacial score (nSPS) is 14.4. The van der Waals surface area contributed by atoms with E-state index in [1.807, 2.05) is 43.3 Å². The number of pyridine rings is 1. The summed E-state index contributed by atoms with van der Waals surface area (Å²) in [6, 6.07) is 11.2. The van der Waals surface area contributed by atoms with Gasteiger partial charge in [-0.25, -0.2) is 13.4 Å². The molecule has 0 spiro atoms. The Hall–Kier alpha value is -2.62. The van der Waals surface area contributed by atoms with E-state index < -0.39 is 10.0 Å². The van der Waals surface area contributed by atoms with Gasteiger partial charge in [0.2, 0.25) is 10.0 Å². The first-order valence-electron chi connectivity index (χ1n) is 9.09. The van der Waals surface area contributed by atoms with Crippen LogP contribution in [0, 0.1) is 6.92 Å². The van der Waals surface area contributed by atoms with Crippen molar-refractivity contribution in [2.24, 2.45) is 0 Å². The van der Waals surface area contributed by atoms with Crippen LogP contribution in [0.4, 0.5) is 5.69 Å². The third kappa shape index (κ3) is 4.07. The number of hydrogen-bond donors (Lipinski definition) is 1. The molecule has 0 saturated heterocycles. The molecule has 0 radical (unpaired) electrons. The monoisotopic (exact) mass is 428 g/mol. The van der Waals surface area contributed by atoms with Crippen molar-refractivity contribution in [2.45, 2.75) is 19.9 Å². The third-order valence-electron chi connectivity index (χ3n) is 4.83. The summed E-state index contributed by atoms with van der Waals surface area (Å²) in [4.78, 5) is 22.2. The highest BCUT2D eigenvalue weighted by Crippen LogP contribution is 2.30. The minimum absolute atomic E-state index is 0.221. The average Bonchev–Trinajstić information content (AvgIpc) is 3.10. The minimum atomic E-state index is -3.24. The molecule has 0 atom stereocenters. The zero-order valence-electron chi connectivity index (χ0n) is 16.0. The molecule has 150 valence electrons. The number of anilines is 1. The van der Waals surface area contributed by atoms with Gasteiger partial charge in [0, 0.05) is 25.0 Å². The number of rotatable bonds is 4. The molecular formula is C20H20N4O3S2. The van der Waals surface area contributed by atoms with Crippen LogP contribution >= 0.6 is 11.3 Å². The number of carbonyl (C=O) groups is 1. The second-order valence-electron chi connectivity index (χ2n) is 6.89. The SMILES string of the molecule is Cc1nc(-c2ccccn2)sc1C(=O)Nc1cccc2c1CCN(S(C)(=O)=O)C2. The van der Waals surface area contributed by atoms with E-state index in [2.05, 4.69) is 15.3 Å². The van der Waals surface area contributed by atoms with E-state index in [-0.39, 0.29) is 5.91 Å². The molecule has 1 amide bonds. The summed E-state index contributed by atoms with van der Waals surface area (Å²) in [6.45, 7) is 2.53. The second kappa shape index (κ2) is 7.66. The number of nitrogens with one attached hydrogen (secondary N) is 1. The van der Waals surface area contributed by atoms with E-state index in [0.717, 1.165) is 16.8 Å². The first-order valence-corrected chi connectivity index (χ1v) is 11.8. The Balaban J connectivity index is 1.58. The quantitative estimate of drug-likeness (QED) is 0.689. The molecule has 0 aliphatic carbocycles. The summed E-state index contributed by atoms with van der Waals surface area (Å²) in [7, 11) is -3.24. The molecule has 4 rings (SSSR count). The number of sulfonamides is 1. The van der Waals surface area contributed by atoms with E-state index in [4.69, 9.17) is 0 Å². The Morgan fingerprint density at radius 1 is 1.21 bits per heavy atom. The molecular weight excluding hydrogens is 408 g/mol. The van der Waals surface area contributed by atoms with Crippen LogP contribution in [0.2, 0.25) is 0 Å². The van der Waals surface area contributed by atoms with Crippen LogP contribution in [0.1, 0.15) is 26.5 Å². The van der Waals surface area contributed by atoms with E-state index in [9.17, 15) is 13.2 Å². The van der Waals surface area contributed by atoms with Crippen LogP contribution in [0.3, 0.4) is 0 Å². The van der Waals surface area contributed by atoms with Gasteiger partial charge in [-0.3, -0.25) is 9.78 Å². The Labute approximate surface area is 173 Å². The molecule has 7 nitrogen and oxygen atoms in total. The van der Waals surface area contributed by atoms with E-state index >= 15 is 0 Å². The van der Waals surface area contributed by atoms with Gasteiger partial charge in [0.25, 0.3) is 5.91 Å². The lowest BCUT2D eigenvalue weighted by Crippen LogP contribution is -2.35. The fourth-order valence-electron chi connectivity index (χ4n) is 3.37. The molecule has 9 heteroatoms. The van der Waals surface area contributed by atoms with Crippen molar-refractivity contribution in [1.29, 1.82) is 0 Å². The van der Waals surface area contributed by atoms with Crippen LogP contribution in [-0.2, 0) is 23.0 Å². The van der Waals surface area contributed by atoms with Crippen LogP contribution in [0.5, 0.6) is 0 Å². The Morgan fingerprint density at radius 3 is 2.76 bits per heavy atom. The standard InChI is InChI=1S/C20H20N4O3S2/c1-13-18(28-20(22-13)17-7-3-4-10-21-17)19(25)23-16-8-5-6-14-12-24(29(2,26)27)11-9-15(14)16/h3-8,10H,9,11-12H2,1-2H3,(H,23,25). The molecule has 1 aromatic carbocycles. The molecule has 1 N–H and O–H groups in total. The predicted octanol–water partition coefficient (Wildman–Crippen LogP) is 3.08. The lowest BCUT2D eigenvalue weighted by atomic mass is 9.99. The van der Waals surface area contributed by atoms with Crippen LogP contribution in [0.25, 0.3) is 10.7 Å². The Morgan fingerprint density at radius 2 is 2.03 bits per heavy atom. The number of aromatic nitrogens is 2. The summed E-state index contributed by atoms with van der Waals surface area (Å²) in [6.07, 6.45) is 3.47. The summed E-state index contributed by atoms with van der Waals surface area (Å²) < 4.78 is 25.1. The van der Waals surface area contributed by atoms with Crippen molar-refractivity contribution < 1.29 is 13.2 Å². The number of fused-ring (bicyclic) bond motifs is 1. The molecule has 0 saturated carbocycles. The highest BCUT2D eigenvalue weighted by Gasteiger charge is 2.25. The predicted molar refractivity (Wildman–Crippen MR) is 113 cm³/mol. The molecule has 1 aliphatic heterocycles. The van der Waals surface area contributed by atoms with Gasteiger partial charge in [-0.15, -0.1) is 11.3 Å². The summed E-state index contributed by atoms with van der Waals surface area (Å²) in [5, 5.41) is 3.69. The van der Waals surface area contributed by atoms with Gasteiger partial charge in [-0.2, -0.15) is 4.31 Å². The van der Waals surface area contributed by atoms with Crippen molar-refractivity contribution >= 4 is 33.0 Å². The number of nitrogens with zero attached hydrogens (tertiary/aromatic N) is 3.